The third kappa shape index (κ3) is 40.0. The molecule has 0 amide bonds. The first-order valence-electron chi connectivity index (χ1n) is 39.1. The standard InChI is InChI=1S/C77H148O17S/c1-14-16-18-20-22-24-26-28-30-32-34-36-38-40-65(80)63(12)50-61(10)48-59(8)46-57(6)44-55(4)42-54(3)43-56(5)45-58(7)47-60(9)49-62(11)51-64(13)75(85)92-74-72(91-68(81)41-39-37-35-33-31-29-27-25-23-21-19-17-15-2)70(83)67(53-79)90-77(74)93-76-73(94-95(86,87)88)71(84)69(82)66(52-78)89-76/h54-67,69-74,76-80,82-84H,14-53H2,1-13H3,(H,86,87,88). The van der Waals surface area contributed by atoms with Gasteiger partial charge < -0.3 is 54.3 Å². The highest BCUT2D eigenvalue weighted by atomic mass is 32.3. The monoisotopic (exact) mass is 1380 g/mol. The molecular formula is C77H148O17S. The van der Waals surface area contributed by atoms with Crippen molar-refractivity contribution in [2.24, 2.45) is 65.1 Å². The maximum absolute atomic E-state index is 14.2. The first-order valence-corrected chi connectivity index (χ1v) is 40.4. The first kappa shape index (κ1) is 89.5. The van der Waals surface area contributed by atoms with Gasteiger partial charge in [0.05, 0.1) is 25.2 Å². The van der Waals surface area contributed by atoms with E-state index in [2.05, 4.69) is 87.3 Å². The zero-order valence-corrected chi connectivity index (χ0v) is 63.4. The highest BCUT2D eigenvalue weighted by Gasteiger charge is 2.55. The van der Waals surface area contributed by atoms with Crippen molar-refractivity contribution in [2.75, 3.05) is 13.2 Å². The topological polar surface area (TPSA) is 265 Å². The van der Waals surface area contributed by atoms with Gasteiger partial charge in [-0.15, -0.1) is 0 Å². The maximum Gasteiger partial charge on any atom is 0.397 e. The Labute approximate surface area is 580 Å². The Morgan fingerprint density at radius 1 is 0.411 bits per heavy atom. The van der Waals surface area contributed by atoms with Gasteiger partial charge in [-0.1, -0.05) is 251 Å². The molecule has 0 aromatic carbocycles. The molecule has 0 bridgehead atoms. The molecular weight excluding hydrogens is 1230 g/mol. The van der Waals surface area contributed by atoms with Crippen molar-refractivity contribution in [3.8, 4) is 0 Å². The normalized spacial score (nSPS) is 25.8. The van der Waals surface area contributed by atoms with Gasteiger partial charge in [-0.3, -0.25) is 14.1 Å². The summed E-state index contributed by atoms with van der Waals surface area (Å²) in [4.78, 5) is 27.8. The Bertz CT molecular complexity index is 2020. The van der Waals surface area contributed by atoms with E-state index in [1.165, 1.54) is 161 Å². The minimum Gasteiger partial charge on any atom is -0.455 e. The van der Waals surface area contributed by atoms with E-state index in [1.807, 2.05) is 0 Å². The van der Waals surface area contributed by atoms with E-state index in [-0.39, 0.29) is 18.4 Å². The Morgan fingerprint density at radius 3 is 1.11 bits per heavy atom. The van der Waals surface area contributed by atoms with E-state index >= 15 is 0 Å². The quantitative estimate of drug-likeness (QED) is 0.0169. The second-order valence-electron chi connectivity index (χ2n) is 31.7. The lowest BCUT2D eigenvalue weighted by atomic mass is 9.79. The minimum absolute atomic E-state index is 0.0227. The van der Waals surface area contributed by atoms with E-state index < -0.39 is 103 Å². The number of carbonyl (C=O) groups is 2. The van der Waals surface area contributed by atoms with Crippen LogP contribution in [0.3, 0.4) is 0 Å². The van der Waals surface area contributed by atoms with Gasteiger partial charge in [0.1, 0.15) is 30.5 Å². The molecule has 2 fully saturated rings. The fourth-order valence-electron chi connectivity index (χ4n) is 16.2. The number of aliphatic hydroxyl groups excluding tert-OH is 6. The molecule has 0 aromatic rings. The summed E-state index contributed by atoms with van der Waals surface area (Å²) in [7, 11) is -5.33. The van der Waals surface area contributed by atoms with Crippen LogP contribution in [0.1, 0.15) is 334 Å². The van der Waals surface area contributed by atoms with Crippen molar-refractivity contribution in [2.45, 2.75) is 402 Å². The van der Waals surface area contributed by atoms with Gasteiger partial charge in [0, 0.05) is 6.42 Å². The summed E-state index contributed by atoms with van der Waals surface area (Å²) in [6.07, 6.45) is 25.0. The molecule has 2 rings (SSSR count). The van der Waals surface area contributed by atoms with Crippen molar-refractivity contribution in [3.63, 3.8) is 0 Å². The number of aliphatic hydroxyl groups is 6. The van der Waals surface area contributed by atoms with Crippen molar-refractivity contribution < 1.29 is 81.1 Å². The molecule has 2 heterocycles. The summed E-state index contributed by atoms with van der Waals surface area (Å²) >= 11 is 0. The van der Waals surface area contributed by atoms with Crippen molar-refractivity contribution in [1.29, 1.82) is 0 Å². The Balaban J connectivity index is 1.92. The van der Waals surface area contributed by atoms with Gasteiger partial charge in [-0.05, 0) is 136 Å². The maximum atomic E-state index is 14.2. The molecule has 0 radical (unpaired) electrons. The fraction of sp³-hybridized carbons (Fsp3) is 0.974. The van der Waals surface area contributed by atoms with E-state index in [1.54, 1.807) is 6.92 Å². The van der Waals surface area contributed by atoms with Gasteiger partial charge in [0.15, 0.2) is 24.6 Å². The van der Waals surface area contributed by atoms with Crippen molar-refractivity contribution >= 4 is 22.3 Å². The van der Waals surface area contributed by atoms with Crippen LogP contribution in [0.5, 0.6) is 0 Å². The van der Waals surface area contributed by atoms with Crippen LogP contribution in [0.2, 0.25) is 0 Å². The molecule has 22 unspecified atom stereocenters. The number of ether oxygens (including phenoxy) is 5. The molecule has 2 saturated heterocycles. The smallest absolute Gasteiger partial charge is 0.397 e. The van der Waals surface area contributed by atoms with Crippen LogP contribution in [0.4, 0.5) is 0 Å². The van der Waals surface area contributed by atoms with Gasteiger partial charge in [0.25, 0.3) is 0 Å². The minimum atomic E-state index is -5.33. The zero-order valence-electron chi connectivity index (χ0n) is 62.6. The van der Waals surface area contributed by atoms with Crippen LogP contribution in [-0.2, 0) is 47.9 Å². The number of hydrogen-bond acceptors (Lipinski definition) is 16. The van der Waals surface area contributed by atoms with Crippen LogP contribution in [-0.4, -0.2) is 136 Å². The van der Waals surface area contributed by atoms with Gasteiger partial charge in [0.2, 0.25) is 6.29 Å². The zero-order chi connectivity index (χ0) is 70.9. The molecule has 17 nitrogen and oxygen atoms in total. The summed E-state index contributed by atoms with van der Waals surface area (Å²) in [6, 6.07) is 0. The highest BCUT2D eigenvalue weighted by Crippen LogP contribution is 2.37. The van der Waals surface area contributed by atoms with E-state index in [4.69, 9.17) is 23.7 Å². The van der Waals surface area contributed by atoms with Crippen LogP contribution in [0.15, 0.2) is 0 Å². The molecule has 0 aliphatic carbocycles. The van der Waals surface area contributed by atoms with Crippen LogP contribution in [0.25, 0.3) is 0 Å². The number of rotatable bonds is 58. The molecule has 95 heavy (non-hydrogen) atoms. The van der Waals surface area contributed by atoms with Crippen LogP contribution >= 0.6 is 0 Å². The summed E-state index contributed by atoms with van der Waals surface area (Å²) in [5.41, 5.74) is 0. The predicted octanol–water partition coefficient (Wildman–Crippen LogP) is 16.8. The SMILES string of the molecule is CCCCCCCCCCCCCCCC(=O)OC1C(O)C(CO)OC(OC2OC(CO)C(O)C(O)C2OS(=O)(=O)O)C1OC(=O)C(C)CC(C)CC(C)CC(C)CC(C)CC(C)CC(C)CC(C)CC(C)CC(C)CC(C)C(O)CCCCCCCCCCCCCCC. The Kier molecular flexibility index (Phi) is 48.6. The van der Waals surface area contributed by atoms with Crippen molar-refractivity contribution in [3.05, 3.63) is 0 Å². The van der Waals surface area contributed by atoms with Gasteiger partial charge in [-0.2, -0.15) is 8.42 Å². The summed E-state index contributed by atoms with van der Waals surface area (Å²) in [5.74, 6) is 2.99. The summed E-state index contributed by atoms with van der Waals surface area (Å²) in [5, 5.41) is 64.5. The number of unbranched alkanes of at least 4 members (excludes halogenated alkanes) is 24. The fourth-order valence-corrected chi connectivity index (χ4v) is 16.7. The molecule has 0 spiro atoms. The summed E-state index contributed by atoms with van der Waals surface area (Å²) < 4.78 is 67.7. The first-order chi connectivity index (χ1) is 45.1. The van der Waals surface area contributed by atoms with Crippen LogP contribution < -0.4 is 0 Å². The highest BCUT2D eigenvalue weighted by molar-refractivity contribution is 7.80. The average molecular weight is 1380 g/mol. The molecule has 0 saturated carbocycles. The summed E-state index contributed by atoms with van der Waals surface area (Å²) in [6.45, 7) is 27.9. The molecule has 22 atom stereocenters. The molecule has 564 valence electrons. The number of hydrogen-bond donors (Lipinski definition) is 7. The third-order valence-corrected chi connectivity index (χ3v) is 21.2. The van der Waals surface area contributed by atoms with E-state index in [0.717, 1.165) is 64.2 Å². The molecule has 2 aliphatic rings. The molecule has 7 N–H and O–H groups in total. The van der Waals surface area contributed by atoms with Crippen LogP contribution in [0, 0.1) is 65.1 Å². The van der Waals surface area contributed by atoms with Gasteiger partial charge in [-0.25, -0.2) is 4.18 Å². The third-order valence-electron chi connectivity index (χ3n) is 20.8. The lowest BCUT2D eigenvalue weighted by Crippen LogP contribution is -2.65. The lowest BCUT2D eigenvalue weighted by Gasteiger charge is -2.46. The van der Waals surface area contributed by atoms with E-state index in [0.29, 0.717) is 66.1 Å². The van der Waals surface area contributed by atoms with E-state index in [9.17, 15) is 53.2 Å². The second kappa shape index (κ2) is 51.6. The predicted molar refractivity (Wildman–Crippen MR) is 380 cm³/mol. The molecule has 2 aliphatic heterocycles. The number of esters is 2. The second-order valence-corrected chi connectivity index (χ2v) is 32.7. The average Bonchev–Trinajstić information content (AvgIpc) is 0.784. The Morgan fingerprint density at radius 2 is 0.737 bits per heavy atom. The largest absolute Gasteiger partial charge is 0.455 e. The Hall–Kier alpha value is -1.55. The van der Waals surface area contributed by atoms with Gasteiger partial charge >= 0.3 is 22.3 Å². The lowest BCUT2D eigenvalue weighted by molar-refractivity contribution is -0.374. The molecule has 18 heteroatoms. The number of carbonyl (C=O) groups excluding carboxylic acids is 2. The molecule has 0 aromatic heterocycles. The van der Waals surface area contributed by atoms with Crippen molar-refractivity contribution in [1.82, 2.24) is 0 Å².